The van der Waals surface area contributed by atoms with Gasteiger partial charge >= 0.3 is 0 Å². The molecule has 7 atom stereocenters. The maximum Gasteiger partial charge on any atom is 0.0988 e. The average molecular weight is 510 g/mol. The number of aliphatic hydroxyl groups excluding tert-OH is 1. The molecule has 4 nitrogen and oxygen atoms in total. The van der Waals surface area contributed by atoms with Gasteiger partial charge in [0, 0.05) is 11.1 Å². The van der Waals surface area contributed by atoms with Crippen molar-refractivity contribution >= 4 is 0 Å². The lowest BCUT2D eigenvalue weighted by Gasteiger charge is -2.64. The molecule has 4 heteroatoms. The summed E-state index contributed by atoms with van der Waals surface area (Å²) in [5.74, 6) is 2.12. The van der Waals surface area contributed by atoms with E-state index in [2.05, 4.69) is 31.4 Å². The molecule has 5 rings (SSSR count). The summed E-state index contributed by atoms with van der Waals surface area (Å²) >= 11 is 0. The zero-order chi connectivity index (χ0) is 27.2. The van der Waals surface area contributed by atoms with Crippen molar-refractivity contribution in [2.24, 2.45) is 40.6 Å². The first-order chi connectivity index (χ1) is 17.9. The predicted molar refractivity (Wildman–Crippen MR) is 156 cm³/mol. The first kappa shape index (κ1) is 30.1. The molecule has 0 saturated heterocycles. The van der Waals surface area contributed by atoms with Crippen molar-refractivity contribution in [3.8, 4) is 6.07 Å². The Kier molecular flexibility index (Phi) is 10.7. The van der Waals surface area contributed by atoms with Crippen LogP contribution in [0.1, 0.15) is 117 Å². The van der Waals surface area contributed by atoms with E-state index in [9.17, 15) is 10.4 Å². The van der Waals surface area contributed by atoms with Crippen molar-refractivity contribution < 1.29 is 5.11 Å². The van der Waals surface area contributed by atoms with E-state index in [4.69, 9.17) is 5.73 Å². The summed E-state index contributed by atoms with van der Waals surface area (Å²) in [5.41, 5.74) is 16.5. The van der Waals surface area contributed by atoms with Crippen molar-refractivity contribution in [3.63, 3.8) is 0 Å². The summed E-state index contributed by atoms with van der Waals surface area (Å²) in [6, 6.07) is 2.33. The highest BCUT2D eigenvalue weighted by atomic mass is 16.3. The van der Waals surface area contributed by atoms with Crippen molar-refractivity contribution in [2.75, 3.05) is 7.05 Å². The maximum absolute atomic E-state index is 11.4. The van der Waals surface area contributed by atoms with E-state index in [1.54, 1.807) is 5.57 Å². The van der Waals surface area contributed by atoms with Crippen LogP contribution in [-0.4, -0.2) is 23.8 Å². The molecule has 5 N–H and O–H groups in total. The lowest BCUT2D eigenvalue weighted by molar-refractivity contribution is -0.103. The molecular formula is C33H55N3O. The number of hydrogen-bond acceptors (Lipinski definition) is 4. The number of allylic oxidation sites excluding steroid dienone is 4. The molecule has 0 heterocycles. The summed E-state index contributed by atoms with van der Waals surface area (Å²) in [4.78, 5) is 0. The highest BCUT2D eigenvalue weighted by Crippen LogP contribution is 2.65. The zero-order valence-corrected chi connectivity index (χ0v) is 24.3. The molecule has 208 valence electrons. The Morgan fingerprint density at radius 3 is 2.46 bits per heavy atom. The topological polar surface area (TPSA) is 96.1 Å². The highest BCUT2D eigenvalue weighted by Gasteiger charge is 2.63. The van der Waals surface area contributed by atoms with E-state index in [1.807, 2.05) is 13.8 Å². The Morgan fingerprint density at radius 2 is 1.78 bits per heavy atom. The third-order valence-corrected chi connectivity index (χ3v) is 11.0. The number of aliphatic hydroxyl groups is 1. The van der Waals surface area contributed by atoms with Gasteiger partial charge in [-0.25, -0.2) is 0 Å². The second-order valence-corrected chi connectivity index (χ2v) is 12.3. The van der Waals surface area contributed by atoms with Crippen LogP contribution in [0.25, 0.3) is 0 Å². The Labute approximate surface area is 227 Å². The molecular weight excluding hydrogens is 454 g/mol. The van der Waals surface area contributed by atoms with Crippen molar-refractivity contribution in [1.82, 2.24) is 0 Å². The molecule has 5 aliphatic carbocycles. The van der Waals surface area contributed by atoms with Crippen LogP contribution in [0.3, 0.4) is 0 Å². The van der Waals surface area contributed by atoms with Crippen LogP contribution >= 0.6 is 0 Å². The lowest BCUT2D eigenvalue weighted by atomic mass is 9.43. The molecule has 37 heavy (non-hydrogen) atoms. The van der Waals surface area contributed by atoms with Gasteiger partial charge in [-0.2, -0.15) is 5.26 Å². The van der Waals surface area contributed by atoms with E-state index >= 15 is 0 Å². The van der Waals surface area contributed by atoms with E-state index < -0.39 is 6.10 Å². The number of nitrogens with two attached hydrogens (primary N) is 2. The Balaban J connectivity index is 0.000000907. The second kappa shape index (κ2) is 13.1. The summed E-state index contributed by atoms with van der Waals surface area (Å²) in [5, 5.41) is 21.1. The van der Waals surface area contributed by atoms with Gasteiger partial charge in [0.2, 0.25) is 0 Å². The van der Waals surface area contributed by atoms with Crippen LogP contribution in [0.4, 0.5) is 0 Å². The van der Waals surface area contributed by atoms with Crippen molar-refractivity contribution in [2.45, 2.75) is 129 Å². The van der Waals surface area contributed by atoms with Crippen LogP contribution < -0.4 is 11.5 Å². The minimum atomic E-state index is -0.432. The third-order valence-electron chi connectivity index (χ3n) is 11.0. The molecule has 0 aromatic heterocycles. The quantitative estimate of drug-likeness (QED) is 0.273. The van der Waals surface area contributed by atoms with E-state index in [0.29, 0.717) is 23.3 Å². The molecule has 0 bridgehead atoms. The molecule has 0 amide bonds. The zero-order valence-electron chi connectivity index (χ0n) is 24.3. The molecule has 0 spiro atoms. The van der Waals surface area contributed by atoms with Gasteiger partial charge in [0.15, 0.2) is 0 Å². The van der Waals surface area contributed by atoms with Crippen molar-refractivity contribution in [3.05, 3.63) is 34.9 Å². The minimum absolute atomic E-state index is 0.0913. The molecule has 0 radical (unpaired) electrons. The molecule has 0 aromatic carbocycles. The van der Waals surface area contributed by atoms with Gasteiger partial charge in [0.25, 0.3) is 0 Å². The Bertz CT molecular complexity index is 890. The normalized spacial score (nSPS) is 39.4. The Morgan fingerprint density at radius 1 is 1.08 bits per heavy atom. The van der Waals surface area contributed by atoms with E-state index in [-0.39, 0.29) is 11.0 Å². The molecule has 7 unspecified atom stereocenters. The number of nitriles is 1. The molecule has 5 fully saturated rings. The summed E-state index contributed by atoms with van der Waals surface area (Å²) < 4.78 is 0. The fourth-order valence-electron chi connectivity index (χ4n) is 9.26. The van der Waals surface area contributed by atoms with Gasteiger partial charge in [-0.3, -0.25) is 0 Å². The fraction of sp³-hybridized carbons (Fsp3) is 0.788. The van der Waals surface area contributed by atoms with Crippen molar-refractivity contribution in [1.29, 1.82) is 5.26 Å². The van der Waals surface area contributed by atoms with Crippen LogP contribution in [0, 0.1) is 40.4 Å². The first-order valence-electron chi connectivity index (χ1n) is 15.4. The average Bonchev–Trinajstić information content (AvgIpc) is 3.56. The van der Waals surface area contributed by atoms with E-state index in [1.165, 1.54) is 71.3 Å². The second-order valence-electron chi connectivity index (χ2n) is 12.3. The van der Waals surface area contributed by atoms with Gasteiger partial charge < -0.3 is 16.6 Å². The van der Waals surface area contributed by atoms with Crippen LogP contribution in [0.5, 0.6) is 0 Å². The number of fused-ring (bicyclic) bond motifs is 5. The van der Waals surface area contributed by atoms with Gasteiger partial charge in [0.1, 0.15) is 0 Å². The minimum Gasteiger partial charge on any atom is -0.389 e. The number of nitrogens with zero attached hydrogens (tertiary/aromatic N) is 1. The highest BCUT2D eigenvalue weighted by molar-refractivity contribution is 5.46. The van der Waals surface area contributed by atoms with Crippen LogP contribution in [0.2, 0.25) is 0 Å². The standard InChI is InChI=1S/C30H44N2O.C2H6.CH5N/c1-20(19-31)23(12-7-10-21-8-3-4-9-21)28-24-15-17-30(32)26(25(24)18-27(28)33)14-13-22-11-5-6-16-29(22,30)2;2*1-2/h10,22,24-27,33H,1,3-9,11-18,32H2,2H3;1-2H3;2H2,1H3/b28-23-;;. The largest absolute Gasteiger partial charge is 0.389 e. The summed E-state index contributed by atoms with van der Waals surface area (Å²) in [6.07, 6.45) is 19.7. The summed E-state index contributed by atoms with van der Waals surface area (Å²) in [7, 11) is 1.50. The van der Waals surface area contributed by atoms with Crippen LogP contribution in [0.15, 0.2) is 34.9 Å². The predicted octanol–water partition coefficient (Wildman–Crippen LogP) is 7.34. The SMILES string of the molecule is C=C(C#N)/C(CCC=C1CCCC1)=C1\C(O)CC2C1CCC1(N)C2CCC2CCCCC21C.CC.CN. The molecule has 0 aromatic rings. The third kappa shape index (κ3) is 5.52. The monoisotopic (exact) mass is 509 g/mol. The van der Waals surface area contributed by atoms with Gasteiger partial charge in [0.05, 0.1) is 12.2 Å². The molecule has 5 aliphatic rings. The molecule has 5 saturated carbocycles. The van der Waals surface area contributed by atoms with Gasteiger partial charge in [-0.1, -0.05) is 51.8 Å². The smallest absolute Gasteiger partial charge is 0.0988 e. The Hall–Kier alpha value is -1.41. The summed E-state index contributed by atoms with van der Waals surface area (Å²) in [6.45, 7) is 10.6. The fourth-order valence-corrected chi connectivity index (χ4v) is 9.26. The molecule has 0 aliphatic heterocycles. The van der Waals surface area contributed by atoms with Crippen LogP contribution in [-0.2, 0) is 0 Å². The number of hydrogen-bond donors (Lipinski definition) is 3. The number of rotatable bonds is 4. The van der Waals surface area contributed by atoms with Gasteiger partial charge in [-0.05, 0) is 131 Å². The lowest BCUT2D eigenvalue weighted by Crippen LogP contribution is -2.68. The maximum atomic E-state index is 11.4. The van der Waals surface area contributed by atoms with E-state index in [0.717, 1.165) is 49.2 Å². The first-order valence-corrected chi connectivity index (χ1v) is 15.4. The van der Waals surface area contributed by atoms with Gasteiger partial charge in [-0.15, -0.1) is 0 Å².